The molecule has 10 nitrogen and oxygen atoms in total. The van der Waals surface area contributed by atoms with Crippen LogP contribution < -0.4 is 5.32 Å². The van der Waals surface area contributed by atoms with Gasteiger partial charge in [-0.1, -0.05) is 13.8 Å². The fourth-order valence-corrected chi connectivity index (χ4v) is 4.80. The van der Waals surface area contributed by atoms with Gasteiger partial charge in [-0.25, -0.2) is 17.7 Å². The third-order valence-corrected chi connectivity index (χ3v) is 7.37. The van der Waals surface area contributed by atoms with Crippen LogP contribution in [0, 0.1) is 5.41 Å². The van der Waals surface area contributed by atoms with Crippen molar-refractivity contribution in [1.82, 2.24) is 24.5 Å². The van der Waals surface area contributed by atoms with Gasteiger partial charge in [0, 0.05) is 31.7 Å². The number of nitrogens with zero attached hydrogens (tertiary/aromatic N) is 6. The molecule has 0 aromatic carbocycles. The molecule has 1 atom stereocenters. The normalized spacial score (nSPS) is 16.7. The molecule has 1 saturated heterocycles. The van der Waals surface area contributed by atoms with Crippen molar-refractivity contribution in [3.8, 4) is 0 Å². The van der Waals surface area contributed by atoms with Crippen molar-refractivity contribution in [2.24, 2.45) is 4.99 Å². The highest BCUT2D eigenvalue weighted by molar-refractivity contribution is 7.88. The Morgan fingerprint density at radius 3 is 2.57 bits per heavy atom. The first kappa shape index (κ1) is 24.8. The SMILES string of the molecule is CC(C)c1cnnc(Nc2ccc3ncc(C(C=N)C=NC4CCN(S(C)(=O)=O)CC4)cc3n2)c1. The molecule has 11 heteroatoms. The Labute approximate surface area is 205 Å². The summed E-state index contributed by atoms with van der Waals surface area (Å²) in [6.07, 6.45) is 9.15. The summed E-state index contributed by atoms with van der Waals surface area (Å²) in [6.45, 7) is 5.14. The summed E-state index contributed by atoms with van der Waals surface area (Å²) in [5.74, 6) is 1.25. The van der Waals surface area contributed by atoms with Crippen molar-refractivity contribution in [1.29, 1.82) is 5.41 Å². The van der Waals surface area contributed by atoms with Gasteiger partial charge in [0.1, 0.15) is 5.82 Å². The van der Waals surface area contributed by atoms with E-state index in [0.29, 0.717) is 49.0 Å². The van der Waals surface area contributed by atoms with Gasteiger partial charge in [0.05, 0.1) is 35.4 Å². The molecule has 0 aliphatic carbocycles. The minimum absolute atomic E-state index is 0.0421. The summed E-state index contributed by atoms with van der Waals surface area (Å²) >= 11 is 0. The van der Waals surface area contributed by atoms with Crippen LogP contribution in [0.3, 0.4) is 0 Å². The standard InChI is InChI=1S/C24H30N8O2S/c1-16(2)17-11-24(31-28-15-17)30-23-5-4-21-22(29-23)10-18(13-27-21)19(12-25)14-26-20-6-8-32(9-7-20)35(3,33)34/h4-5,10-16,19-20,25H,6-9H2,1-3H3,(H,29,30,31). The Morgan fingerprint density at radius 2 is 1.89 bits per heavy atom. The van der Waals surface area contributed by atoms with Gasteiger partial charge in [-0.15, -0.1) is 5.10 Å². The lowest BCUT2D eigenvalue weighted by atomic mass is 10.0. The van der Waals surface area contributed by atoms with Gasteiger partial charge in [0.15, 0.2) is 5.82 Å². The number of nitrogens with one attached hydrogen (secondary N) is 2. The van der Waals surface area contributed by atoms with Crippen molar-refractivity contribution in [2.45, 2.75) is 44.6 Å². The number of aliphatic imine (C=N–C) groups is 1. The van der Waals surface area contributed by atoms with E-state index in [0.717, 1.165) is 16.6 Å². The van der Waals surface area contributed by atoms with Gasteiger partial charge >= 0.3 is 0 Å². The van der Waals surface area contributed by atoms with Gasteiger partial charge in [-0.2, -0.15) is 5.10 Å². The maximum Gasteiger partial charge on any atom is 0.211 e. The summed E-state index contributed by atoms with van der Waals surface area (Å²) in [6, 6.07) is 7.65. The molecule has 0 saturated carbocycles. The smallest absolute Gasteiger partial charge is 0.211 e. The second-order valence-electron chi connectivity index (χ2n) is 9.04. The first-order valence-corrected chi connectivity index (χ1v) is 13.4. The van der Waals surface area contributed by atoms with E-state index >= 15 is 0 Å². The van der Waals surface area contributed by atoms with E-state index < -0.39 is 10.0 Å². The van der Waals surface area contributed by atoms with Gasteiger partial charge in [-0.05, 0) is 54.2 Å². The number of sulfonamides is 1. The van der Waals surface area contributed by atoms with E-state index in [9.17, 15) is 8.42 Å². The van der Waals surface area contributed by atoms with Gasteiger partial charge in [0.25, 0.3) is 0 Å². The maximum absolute atomic E-state index is 11.7. The third kappa shape index (κ3) is 6.23. The number of piperidine rings is 1. The fraction of sp³-hybridized carbons (Fsp3) is 0.417. The van der Waals surface area contributed by atoms with Crippen molar-refractivity contribution in [3.63, 3.8) is 0 Å². The monoisotopic (exact) mass is 494 g/mol. The summed E-state index contributed by atoms with van der Waals surface area (Å²) in [4.78, 5) is 13.8. The molecule has 0 amide bonds. The lowest BCUT2D eigenvalue weighted by Crippen LogP contribution is -2.39. The molecular formula is C24H30N8O2S. The zero-order valence-corrected chi connectivity index (χ0v) is 20.9. The predicted molar refractivity (Wildman–Crippen MR) is 138 cm³/mol. The highest BCUT2D eigenvalue weighted by Crippen LogP contribution is 2.22. The van der Waals surface area contributed by atoms with E-state index in [1.807, 2.05) is 24.3 Å². The number of aromatic nitrogens is 4. The molecular weight excluding hydrogens is 464 g/mol. The Balaban J connectivity index is 1.49. The first-order chi connectivity index (χ1) is 16.7. The number of pyridine rings is 2. The lowest BCUT2D eigenvalue weighted by Gasteiger charge is -2.28. The van der Waals surface area contributed by atoms with E-state index in [2.05, 4.69) is 44.3 Å². The second kappa shape index (κ2) is 10.5. The molecule has 1 unspecified atom stereocenters. The fourth-order valence-electron chi connectivity index (χ4n) is 3.93. The predicted octanol–water partition coefficient (Wildman–Crippen LogP) is 3.51. The van der Waals surface area contributed by atoms with Crippen molar-refractivity contribution < 1.29 is 8.42 Å². The van der Waals surface area contributed by atoms with Crippen LogP contribution >= 0.6 is 0 Å². The largest absolute Gasteiger partial charge is 0.323 e. The zero-order chi connectivity index (χ0) is 25.0. The van der Waals surface area contributed by atoms with Crippen LogP contribution in [0.4, 0.5) is 11.6 Å². The van der Waals surface area contributed by atoms with Crippen LogP contribution in [0.25, 0.3) is 11.0 Å². The van der Waals surface area contributed by atoms with Gasteiger partial charge in [0.2, 0.25) is 10.0 Å². The quantitative estimate of drug-likeness (QED) is 0.457. The minimum Gasteiger partial charge on any atom is -0.323 e. The molecule has 0 radical (unpaired) electrons. The van der Waals surface area contributed by atoms with Gasteiger partial charge in [-0.3, -0.25) is 9.98 Å². The van der Waals surface area contributed by atoms with E-state index in [1.54, 1.807) is 18.6 Å². The summed E-state index contributed by atoms with van der Waals surface area (Å²) in [5.41, 5.74) is 3.34. The number of hydrogen-bond donors (Lipinski definition) is 2. The zero-order valence-electron chi connectivity index (χ0n) is 20.1. The van der Waals surface area contributed by atoms with Gasteiger partial charge < -0.3 is 10.7 Å². The third-order valence-electron chi connectivity index (χ3n) is 6.07. The van der Waals surface area contributed by atoms with Crippen molar-refractivity contribution in [3.05, 3.63) is 47.8 Å². The number of anilines is 2. The Bertz CT molecular complexity index is 1330. The lowest BCUT2D eigenvalue weighted by molar-refractivity contribution is 0.323. The molecule has 1 fully saturated rings. The first-order valence-electron chi connectivity index (χ1n) is 11.6. The molecule has 3 aromatic heterocycles. The molecule has 35 heavy (non-hydrogen) atoms. The Kier molecular flexibility index (Phi) is 7.46. The number of fused-ring (bicyclic) bond motifs is 1. The molecule has 0 bridgehead atoms. The molecule has 2 N–H and O–H groups in total. The van der Waals surface area contributed by atoms with E-state index in [-0.39, 0.29) is 12.0 Å². The average molecular weight is 495 g/mol. The minimum atomic E-state index is -3.16. The van der Waals surface area contributed by atoms with Crippen molar-refractivity contribution in [2.75, 3.05) is 24.7 Å². The number of rotatable bonds is 8. The summed E-state index contributed by atoms with van der Waals surface area (Å²) in [5, 5.41) is 19.3. The van der Waals surface area contributed by atoms with Crippen LogP contribution in [0.5, 0.6) is 0 Å². The van der Waals surface area contributed by atoms with E-state index in [4.69, 9.17) is 5.41 Å². The molecule has 1 aliphatic heterocycles. The average Bonchev–Trinajstić information content (AvgIpc) is 2.84. The summed E-state index contributed by atoms with van der Waals surface area (Å²) < 4.78 is 24.9. The van der Waals surface area contributed by atoms with Crippen LogP contribution in [0.15, 0.2) is 41.7 Å². The van der Waals surface area contributed by atoms with Crippen LogP contribution in [0.1, 0.15) is 49.7 Å². The van der Waals surface area contributed by atoms with Crippen LogP contribution in [0.2, 0.25) is 0 Å². The molecule has 184 valence electrons. The molecule has 0 spiro atoms. The maximum atomic E-state index is 11.7. The number of hydrogen-bond acceptors (Lipinski definition) is 9. The topological polar surface area (TPSA) is 137 Å². The second-order valence-corrected chi connectivity index (χ2v) is 11.0. The highest BCUT2D eigenvalue weighted by Gasteiger charge is 2.24. The Hall–Kier alpha value is -3.31. The van der Waals surface area contributed by atoms with E-state index in [1.165, 1.54) is 16.8 Å². The highest BCUT2D eigenvalue weighted by atomic mass is 32.2. The molecule has 3 aromatic rings. The molecule has 1 aliphatic rings. The van der Waals surface area contributed by atoms with Crippen molar-refractivity contribution >= 4 is 45.1 Å². The molecule has 4 heterocycles. The van der Waals surface area contributed by atoms with Crippen LogP contribution in [-0.4, -0.2) is 70.7 Å². The Morgan fingerprint density at radius 1 is 1.11 bits per heavy atom. The molecule has 4 rings (SSSR count). The van der Waals surface area contributed by atoms with Crippen LogP contribution in [-0.2, 0) is 10.0 Å². The summed E-state index contributed by atoms with van der Waals surface area (Å²) in [7, 11) is -3.16.